The van der Waals surface area contributed by atoms with E-state index in [1.54, 1.807) is 24.3 Å². The number of carbonyl (C=O) groups is 3. The number of nitrogens with zero attached hydrogens (tertiary/aromatic N) is 2. The fraction of sp³-hybridized carbons (Fsp3) is 0.268. The van der Waals surface area contributed by atoms with E-state index >= 15 is 0 Å². The third-order valence-corrected chi connectivity index (χ3v) is 14.0. The molecule has 5 aliphatic rings. The maximum Gasteiger partial charge on any atom is 0.336 e. The molecular formula is C56H54N3O8S+. The van der Waals surface area contributed by atoms with E-state index in [1.807, 2.05) is 18.2 Å². The van der Waals surface area contributed by atoms with Gasteiger partial charge in [0.05, 0.1) is 11.6 Å². The van der Waals surface area contributed by atoms with Gasteiger partial charge in [-0.25, -0.2) is 9.37 Å². The highest BCUT2D eigenvalue weighted by atomic mass is 32.1. The molecule has 3 aliphatic carbocycles. The van der Waals surface area contributed by atoms with Crippen molar-refractivity contribution in [3.63, 3.8) is 0 Å². The average molecular weight is 929 g/mol. The molecule has 0 aromatic heterocycles. The molecule has 1 amide bonds. The van der Waals surface area contributed by atoms with Crippen molar-refractivity contribution in [2.75, 3.05) is 31.1 Å². The number of rotatable bonds is 13. The number of anilines is 1. The zero-order valence-electron chi connectivity index (χ0n) is 38.6. The second kappa shape index (κ2) is 19.2. The number of benzene rings is 6. The third kappa shape index (κ3) is 8.88. The van der Waals surface area contributed by atoms with Crippen LogP contribution in [0.15, 0.2) is 128 Å². The molecule has 2 aliphatic heterocycles. The molecule has 9 rings (SSSR count). The van der Waals surface area contributed by atoms with Gasteiger partial charge in [0.15, 0.2) is 11.2 Å². The monoisotopic (exact) mass is 928 g/mol. The first-order valence-corrected chi connectivity index (χ1v) is 23.9. The molecule has 0 unspecified atom stereocenters. The summed E-state index contributed by atoms with van der Waals surface area (Å²) >= 11 is 5.01. The number of amides is 1. The quantitative estimate of drug-likeness (QED) is 0.0383. The van der Waals surface area contributed by atoms with Gasteiger partial charge in [0, 0.05) is 105 Å². The molecule has 346 valence electrons. The van der Waals surface area contributed by atoms with Gasteiger partial charge in [-0.2, -0.15) is 0 Å². The van der Waals surface area contributed by atoms with Gasteiger partial charge in [-0.3, -0.25) is 14.4 Å². The van der Waals surface area contributed by atoms with E-state index in [-0.39, 0.29) is 57.3 Å². The highest BCUT2D eigenvalue weighted by molar-refractivity contribution is 7.80. The Hall–Kier alpha value is -7.18. The van der Waals surface area contributed by atoms with Crippen molar-refractivity contribution in [1.82, 2.24) is 9.89 Å². The molecule has 0 bridgehead atoms. The summed E-state index contributed by atoms with van der Waals surface area (Å²) in [5.74, 6) is -0.462. The first kappa shape index (κ1) is 46.0. The number of nitrogens with one attached hydrogen (secondary N) is 1. The maximum absolute atomic E-state index is 13.9. The Labute approximate surface area is 399 Å². The number of carboxylic acid groups (broad SMARTS) is 1. The van der Waals surface area contributed by atoms with E-state index in [9.17, 15) is 29.4 Å². The Kier molecular flexibility index (Phi) is 13.0. The van der Waals surface area contributed by atoms with Gasteiger partial charge in [-0.15, -0.1) is 12.6 Å². The predicted molar refractivity (Wildman–Crippen MR) is 271 cm³/mol. The largest absolute Gasteiger partial charge is 0.508 e. The fourth-order valence-corrected chi connectivity index (χ4v) is 10.4. The number of Topliss-reactive ketones (excluding diaryl/α,β-unsaturated/α-hetero) is 1. The van der Waals surface area contributed by atoms with Gasteiger partial charge in [0.2, 0.25) is 5.36 Å². The Balaban J connectivity index is 0.906. The zero-order valence-corrected chi connectivity index (χ0v) is 39.5. The SMILES string of the molecule is CCN(CC)c1ccc2c(-c3ccc(C(=O)CC4CCC(NC(=O)c5ccc(-c6c7ccc(=O)cc-7oc7cc(O)ccc67)c(C(=O)O)c5)CC4)cc3S)c3ccc(=[N+](CC)CC)cc-3oc2c1. The molecule has 0 radical (unpaired) electrons. The van der Waals surface area contributed by atoms with Crippen LogP contribution in [0.4, 0.5) is 5.69 Å². The molecule has 1 fully saturated rings. The lowest BCUT2D eigenvalue weighted by molar-refractivity contribution is 0.0697. The molecule has 2 heterocycles. The van der Waals surface area contributed by atoms with Gasteiger partial charge >= 0.3 is 5.97 Å². The Morgan fingerprint density at radius 2 is 1.31 bits per heavy atom. The topological polar surface area (TPSA) is 153 Å². The maximum atomic E-state index is 13.9. The number of carbonyl (C=O) groups excluding carboxylic acids is 2. The van der Waals surface area contributed by atoms with Gasteiger partial charge < -0.3 is 29.3 Å². The molecule has 11 nitrogen and oxygen atoms in total. The minimum Gasteiger partial charge on any atom is -0.508 e. The van der Waals surface area contributed by atoms with E-state index < -0.39 is 5.97 Å². The summed E-state index contributed by atoms with van der Waals surface area (Å²) in [5, 5.41) is 26.3. The van der Waals surface area contributed by atoms with Gasteiger partial charge in [0.25, 0.3) is 5.91 Å². The average Bonchev–Trinajstić information content (AvgIpc) is 3.33. The van der Waals surface area contributed by atoms with Crippen molar-refractivity contribution in [3.05, 3.63) is 141 Å². The van der Waals surface area contributed by atoms with E-state index in [0.29, 0.717) is 51.8 Å². The van der Waals surface area contributed by atoms with Crippen LogP contribution in [-0.2, 0) is 0 Å². The summed E-state index contributed by atoms with van der Waals surface area (Å²) < 4.78 is 14.9. The standard InChI is InChI=1S/C56H53N3O8S/c1-5-58(6-2)36-15-21-41-48(28-36)66-49-29-37(59(7-3)8-4)16-22-42(49)54(41)45-20-11-33(27-52(45)68)47(62)25-32-9-13-35(14-10-32)57-55(63)34-12-19-40(46(26-34)56(64)65)53-43-23-17-38(60)30-50(43)67-51-31-39(61)18-24-44(51)53/h11-12,15-24,26-32,35H,5-10,13-14,25H2,1-4H3,(H3,57,60,61,63,64,65)/p+1. The van der Waals surface area contributed by atoms with Crippen molar-refractivity contribution in [2.45, 2.75) is 70.7 Å². The Bertz CT molecular complexity index is 3330. The Morgan fingerprint density at radius 3 is 1.99 bits per heavy atom. The van der Waals surface area contributed by atoms with Crippen LogP contribution in [-0.4, -0.2) is 60.1 Å². The van der Waals surface area contributed by atoms with E-state index in [0.717, 1.165) is 83.5 Å². The smallest absolute Gasteiger partial charge is 0.336 e. The molecule has 68 heavy (non-hydrogen) atoms. The van der Waals surface area contributed by atoms with Gasteiger partial charge in [0.1, 0.15) is 41.5 Å². The van der Waals surface area contributed by atoms with Crippen molar-refractivity contribution in [1.29, 1.82) is 0 Å². The number of aromatic hydroxyl groups is 1. The minimum atomic E-state index is -1.23. The van der Waals surface area contributed by atoms with Gasteiger partial charge in [-0.05, 0) is 131 Å². The summed E-state index contributed by atoms with van der Waals surface area (Å²) in [5.41, 5.74) is 6.82. The molecule has 0 saturated heterocycles. The number of carboxylic acids is 1. The highest BCUT2D eigenvalue weighted by Crippen LogP contribution is 2.44. The van der Waals surface area contributed by atoms with Crippen molar-refractivity contribution in [2.24, 2.45) is 5.92 Å². The van der Waals surface area contributed by atoms with Crippen LogP contribution >= 0.6 is 12.6 Å². The first-order chi connectivity index (χ1) is 32.9. The molecule has 4 aromatic rings. The molecule has 4 aromatic carbocycles. The summed E-state index contributed by atoms with van der Waals surface area (Å²) in [7, 11) is 0. The lowest BCUT2D eigenvalue weighted by Gasteiger charge is -2.29. The first-order valence-electron chi connectivity index (χ1n) is 23.5. The highest BCUT2D eigenvalue weighted by Gasteiger charge is 2.28. The number of aromatic carboxylic acids is 1. The normalized spacial score (nSPS) is 15.0. The molecular weight excluding hydrogens is 875 g/mol. The lowest BCUT2D eigenvalue weighted by Crippen LogP contribution is -2.38. The molecule has 3 N–H and O–H groups in total. The molecule has 1 saturated carbocycles. The minimum absolute atomic E-state index is 0.0454. The van der Waals surface area contributed by atoms with Crippen LogP contribution in [0.1, 0.15) is 90.9 Å². The number of hydrogen-bond donors (Lipinski definition) is 4. The van der Waals surface area contributed by atoms with E-state index in [4.69, 9.17) is 21.5 Å². The summed E-state index contributed by atoms with van der Waals surface area (Å²) in [4.78, 5) is 55.6. The van der Waals surface area contributed by atoms with E-state index in [2.05, 4.69) is 78.9 Å². The number of phenolic OH excluding ortho intramolecular Hbond substituents is 1. The number of thiol groups is 1. The zero-order chi connectivity index (χ0) is 47.8. The number of phenols is 1. The van der Waals surface area contributed by atoms with Crippen LogP contribution < -0.4 is 25.6 Å². The molecule has 0 spiro atoms. The van der Waals surface area contributed by atoms with Crippen LogP contribution in [0, 0.1) is 5.92 Å². The fourth-order valence-electron chi connectivity index (χ4n) is 10.0. The van der Waals surface area contributed by atoms with Crippen LogP contribution in [0.3, 0.4) is 0 Å². The van der Waals surface area contributed by atoms with Crippen molar-refractivity contribution in [3.8, 4) is 50.7 Å². The van der Waals surface area contributed by atoms with Crippen molar-refractivity contribution < 1.29 is 33.4 Å². The third-order valence-electron chi connectivity index (χ3n) is 13.6. The summed E-state index contributed by atoms with van der Waals surface area (Å²) in [6, 6.07) is 31.8. The molecule has 12 heteroatoms. The van der Waals surface area contributed by atoms with Crippen molar-refractivity contribution >= 4 is 57.9 Å². The second-order valence-corrected chi connectivity index (χ2v) is 18.1. The number of ketones is 1. The predicted octanol–water partition coefficient (Wildman–Crippen LogP) is 11.0. The Morgan fingerprint density at radius 1 is 0.691 bits per heavy atom. The number of hydrogen-bond acceptors (Lipinski definition) is 9. The van der Waals surface area contributed by atoms with Crippen LogP contribution in [0.2, 0.25) is 0 Å². The summed E-state index contributed by atoms with van der Waals surface area (Å²) in [6.07, 6.45) is 3.22. The second-order valence-electron chi connectivity index (χ2n) is 17.6. The van der Waals surface area contributed by atoms with Crippen LogP contribution in [0.25, 0.3) is 66.8 Å². The summed E-state index contributed by atoms with van der Waals surface area (Å²) in [6.45, 7) is 12.1. The van der Waals surface area contributed by atoms with Crippen LogP contribution in [0.5, 0.6) is 5.75 Å². The van der Waals surface area contributed by atoms with Gasteiger partial charge in [-0.1, -0.05) is 18.2 Å². The molecule has 0 atom stereocenters. The lowest BCUT2D eigenvalue weighted by atomic mass is 9.82. The van der Waals surface area contributed by atoms with E-state index in [1.165, 1.54) is 30.3 Å². The number of fused-ring (bicyclic) bond motifs is 4.